The summed E-state index contributed by atoms with van der Waals surface area (Å²) in [5.41, 5.74) is 1.87. The Kier molecular flexibility index (Phi) is 4.51. The number of hydrogen-bond acceptors (Lipinski definition) is 2. The normalized spacial score (nSPS) is 10.7. The largest absolute Gasteiger partial charge is 0.305 e. The van der Waals surface area contributed by atoms with Crippen LogP contribution in [0.15, 0.2) is 59.4 Å². The molecule has 3 aromatic rings. The molecule has 0 bridgehead atoms. The lowest BCUT2D eigenvalue weighted by molar-refractivity contribution is 0.0993. The topological polar surface area (TPSA) is 47.2 Å². The predicted molar refractivity (Wildman–Crippen MR) is 99.9 cm³/mol. The molecule has 1 aromatic heterocycles. The highest BCUT2D eigenvalue weighted by molar-refractivity contribution is 6.34. The number of aromatic nitrogens is 2. The van der Waals surface area contributed by atoms with Crippen LogP contribution in [0.1, 0.15) is 16.1 Å². The molecule has 0 saturated carbocycles. The molecule has 0 spiro atoms. The van der Waals surface area contributed by atoms with E-state index in [1.807, 2.05) is 37.3 Å². The van der Waals surface area contributed by atoms with E-state index in [4.69, 9.17) is 11.6 Å². The number of para-hydroxylation sites is 1. The summed E-state index contributed by atoms with van der Waals surface area (Å²) in [7, 11) is 3.38. The molecule has 0 atom stereocenters. The van der Waals surface area contributed by atoms with Crippen LogP contribution in [0.4, 0.5) is 5.69 Å². The maximum Gasteiger partial charge on any atom is 0.295 e. The van der Waals surface area contributed by atoms with Gasteiger partial charge in [-0.1, -0.05) is 41.9 Å². The number of halogens is 1. The molecule has 3 rings (SSSR count). The Bertz CT molecular complexity index is 990. The Morgan fingerprint density at radius 3 is 2.28 bits per heavy atom. The number of carbonyl (C=O) groups excluding carboxylic acids is 1. The Morgan fingerprint density at radius 1 is 1.04 bits per heavy atom. The first-order valence-corrected chi connectivity index (χ1v) is 8.18. The van der Waals surface area contributed by atoms with Gasteiger partial charge in [-0.2, -0.15) is 0 Å². The minimum absolute atomic E-state index is 0.255. The van der Waals surface area contributed by atoms with Crippen LogP contribution in [0.25, 0.3) is 5.69 Å². The smallest absolute Gasteiger partial charge is 0.295 e. The third-order valence-electron chi connectivity index (χ3n) is 4.27. The van der Waals surface area contributed by atoms with Crippen molar-refractivity contribution in [1.82, 2.24) is 9.36 Å². The Morgan fingerprint density at radius 2 is 1.64 bits per heavy atom. The lowest BCUT2D eigenvalue weighted by atomic mass is 10.2. The van der Waals surface area contributed by atoms with Crippen LogP contribution in [0.5, 0.6) is 0 Å². The van der Waals surface area contributed by atoms with Gasteiger partial charge in [0.05, 0.1) is 22.0 Å². The van der Waals surface area contributed by atoms with Gasteiger partial charge >= 0.3 is 0 Å². The number of amides is 1. The Labute approximate surface area is 150 Å². The van der Waals surface area contributed by atoms with Gasteiger partial charge in [-0.15, -0.1) is 0 Å². The zero-order valence-corrected chi connectivity index (χ0v) is 15.0. The average molecular weight is 356 g/mol. The molecule has 0 aliphatic carbocycles. The van der Waals surface area contributed by atoms with Crippen LogP contribution in [0.2, 0.25) is 5.02 Å². The van der Waals surface area contributed by atoms with Crippen LogP contribution < -0.4 is 10.5 Å². The molecule has 6 heteroatoms. The number of benzene rings is 2. The van der Waals surface area contributed by atoms with Crippen molar-refractivity contribution < 1.29 is 4.79 Å². The van der Waals surface area contributed by atoms with E-state index >= 15 is 0 Å². The number of hydrogen-bond donors (Lipinski definition) is 0. The minimum Gasteiger partial charge on any atom is -0.305 e. The molecular weight excluding hydrogens is 338 g/mol. The van der Waals surface area contributed by atoms with Crippen molar-refractivity contribution in [2.75, 3.05) is 11.9 Å². The van der Waals surface area contributed by atoms with E-state index in [0.29, 0.717) is 22.0 Å². The second-order valence-corrected chi connectivity index (χ2v) is 6.16. The van der Waals surface area contributed by atoms with Crippen LogP contribution in [0.3, 0.4) is 0 Å². The molecular formula is C19H18ClN3O2. The van der Waals surface area contributed by atoms with Crippen molar-refractivity contribution in [3.63, 3.8) is 0 Å². The molecule has 2 aromatic carbocycles. The van der Waals surface area contributed by atoms with Crippen LogP contribution in [-0.4, -0.2) is 22.3 Å². The number of carbonyl (C=O) groups is 1. The summed E-state index contributed by atoms with van der Waals surface area (Å²) in [4.78, 5) is 27.2. The van der Waals surface area contributed by atoms with E-state index < -0.39 is 0 Å². The number of anilines is 1. The van der Waals surface area contributed by atoms with Crippen molar-refractivity contribution in [3.05, 3.63) is 81.2 Å². The maximum absolute atomic E-state index is 13.0. The van der Waals surface area contributed by atoms with Crippen LogP contribution >= 0.6 is 11.6 Å². The van der Waals surface area contributed by atoms with E-state index in [9.17, 15) is 9.59 Å². The molecule has 0 unspecified atom stereocenters. The first kappa shape index (κ1) is 17.0. The molecule has 0 N–H and O–H groups in total. The summed E-state index contributed by atoms with van der Waals surface area (Å²) in [6.45, 7) is 1.81. The average Bonchev–Trinajstić information content (AvgIpc) is 2.84. The van der Waals surface area contributed by atoms with Gasteiger partial charge in [0.2, 0.25) is 0 Å². The van der Waals surface area contributed by atoms with Gasteiger partial charge in [-0.25, -0.2) is 4.68 Å². The van der Waals surface area contributed by atoms with Gasteiger partial charge in [-0.05, 0) is 31.2 Å². The minimum atomic E-state index is -0.323. The lowest BCUT2D eigenvalue weighted by Gasteiger charge is -2.16. The first-order valence-electron chi connectivity index (χ1n) is 7.80. The van der Waals surface area contributed by atoms with E-state index in [1.165, 1.54) is 4.90 Å². The highest BCUT2D eigenvalue weighted by Crippen LogP contribution is 2.22. The second kappa shape index (κ2) is 6.61. The predicted octanol–water partition coefficient (Wildman–Crippen LogP) is 3.41. The molecule has 0 radical (unpaired) electrons. The molecule has 0 saturated heterocycles. The monoisotopic (exact) mass is 355 g/mol. The van der Waals surface area contributed by atoms with Crippen molar-refractivity contribution in [3.8, 4) is 5.69 Å². The van der Waals surface area contributed by atoms with Gasteiger partial charge < -0.3 is 4.90 Å². The Balaban J connectivity index is 2.11. The maximum atomic E-state index is 13.0. The number of rotatable bonds is 3. The standard InChI is InChI=1S/C19H18ClN3O2/c1-13-17(21(2)18(24)15-11-7-8-12-16(15)20)19(25)23(22(13)3)14-9-5-4-6-10-14/h4-12H,1-3H3. The molecule has 0 aliphatic heterocycles. The summed E-state index contributed by atoms with van der Waals surface area (Å²) in [6, 6.07) is 16.1. The fraction of sp³-hybridized carbons (Fsp3) is 0.158. The van der Waals surface area contributed by atoms with Gasteiger partial charge in [0, 0.05) is 14.1 Å². The van der Waals surface area contributed by atoms with Gasteiger partial charge in [0.1, 0.15) is 5.69 Å². The number of nitrogens with zero attached hydrogens (tertiary/aromatic N) is 3. The van der Waals surface area contributed by atoms with Crippen molar-refractivity contribution in [2.45, 2.75) is 6.92 Å². The molecule has 1 amide bonds. The van der Waals surface area contributed by atoms with E-state index in [1.54, 1.807) is 47.7 Å². The lowest BCUT2D eigenvalue weighted by Crippen LogP contribution is -2.31. The molecule has 0 aliphatic rings. The van der Waals surface area contributed by atoms with E-state index in [0.717, 1.165) is 5.69 Å². The highest BCUT2D eigenvalue weighted by Gasteiger charge is 2.24. The first-order chi connectivity index (χ1) is 11.9. The third kappa shape index (κ3) is 2.87. The van der Waals surface area contributed by atoms with Crippen LogP contribution in [-0.2, 0) is 7.05 Å². The second-order valence-electron chi connectivity index (χ2n) is 5.75. The van der Waals surface area contributed by atoms with Gasteiger partial charge in [0.25, 0.3) is 11.5 Å². The molecule has 0 fully saturated rings. The van der Waals surface area contributed by atoms with E-state index in [2.05, 4.69) is 0 Å². The summed E-state index contributed by atoms with van der Waals surface area (Å²) < 4.78 is 3.28. The molecule has 25 heavy (non-hydrogen) atoms. The summed E-state index contributed by atoms with van der Waals surface area (Å²) in [5, 5.41) is 0.358. The van der Waals surface area contributed by atoms with Crippen LogP contribution in [0, 0.1) is 6.92 Å². The van der Waals surface area contributed by atoms with E-state index in [-0.39, 0.29) is 11.5 Å². The van der Waals surface area contributed by atoms with Crippen molar-refractivity contribution in [1.29, 1.82) is 0 Å². The fourth-order valence-corrected chi connectivity index (χ4v) is 3.07. The fourth-order valence-electron chi connectivity index (χ4n) is 2.86. The van der Waals surface area contributed by atoms with Crippen molar-refractivity contribution in [2.24, 2.45) is 7.05 Å². The third-order valence-corrected chi connectivity index (χ3v) is 4.60. The summed E-state index contributed by atoms with van der Waals surface area (Å²) in [6.07, 6.45) is 0. The SMILES string of the molecule is Cc1c(N(C)C(=O)c2ccccc2Cl)c(=O)n(-c2ccccc2)n1C. The van der Waals surface area contributed by atoms with Gasteiger partial charge in [0.15, 0.2) is 0 Å². The molecule has 128 valence electrons. The molecule has 5 nitrogen and oxygen atoms in total. The summed E-state index contributed by atoms with van der Waals surface area (Å²) >= 11 is 6.13. The summed E-state index contributed by atoms with van der Waals surface area (Å²) in [5.74, 6) is -0.323. The van der Waals surface area contributed by atoms with Gasteiger partial charge in [-0.3, -0.25) is 14.3 Å². The van der Waals surface area contributed by atoms with Crippen molar-refractivity contribution >= 4 is 23.2 Å². The quantitative estimate of drug-likeness (QED) is 0.722. The molecule has 1 heterocycles. The Hall–Kier alpha value is -2.79. The zero-order chi connectivity index (χ0) is 18.1. The zero-order valence-electron chi connectivity index (χ0n) is 14.2. The highest BCUT2D eigenvalue weighted by atomic mass is 35.5.